The van der Waals surface area contributed by atoms with Gasteiger partial charge in [0.1, 0.15) is 11.6 Å². The number of nitrogens with zero attached hydrogens (tertiary/aromatic N) is 2. The zero-order valence-corrected chi connectivity index (χ0v) is 15.2. The number of anilines is 1. The van der Waals surface area contributed by atoms with Crippen molar-refractivity contribution in [2.75, 3.05) is 12.4 Å². The van der Waals surface area contributed by atoms with Crippen LogP contribution in [0, 0.1) is 12.7 Å². The van der Waals surface area contributed by atoms with E-state index in [2.05, 4.69) is 15.5 Å². The largest absolute Gasteiger partial charge is 0.495 e. The molecule has 1 amide bonds. The van der Waals surface area contributed by atoms with Gasteiger partial charge in [0.25, 0.3) is 11.6 Å². The van der Waals surface area contributed by atoms with Crippen LogP contribution in [0.1, 0.15) is 16.1 Å². The molecule has 4 rings (SSSR count). The molecule has 0 fully saturated rings. The first-order valence-electron chi connectivity index (χ1n) is 8.54. The molecule has 0 aliphatic rings. The molecular weight excluding hydrogens is 361 g/mol. The number of aromatic nitrogens is 2. The fourth-order valence-corrected chi connectivity index (χ4v) is 2.98. The number of carbonyl (C=O) groups excluding carboxylic acids is 1. The minimum atomic E-state index is -0.355. The summed E-state index contributed by atoms with van der Waals surface area (Å²) >= 11 is 0. The first kappa shape index (κ1) is 17.7. The summed E-state index contributed by atoms with van der Waals surface area (Å²) in [4.78, 5) is 17.5. The second-order valence-corrected chi connectivity index (χ2v) is 6.16. The summed E-state index contributed by atoms with van der Waals surface area (Å²) in [6, 6.07) is 14.6. The number of amides is 1. The molecule has 28 heavy (non-hydrogen) atoms. The number of nitrogens with one attached hydrogen (secondary N) is 1. The maximum absolute atomic E-state index is 13.3. The lowest BCUT2D eigenvalue weighted by Gasteiger charge is -2.11. The Hall–Kier alpha value is -3.74. The first-order chi connectivity index (χ1) is 13.6. The van der Waals surface area contributed by atoms with Crippen molar-refractivity contribution < 1.29 is 18.4 Å². The van der Waals surface area contributed by atoms with E-state index in [9.17, 15) is 9.18 Å². The molecule has 0 unspecified atom stereocenters. The van der Waals surface area contributed by atoms with Crippen LogP contribution in [-0.2, 0) is 0 Å². The van der Waals surface area contributed by atoms with Gasteiger partial charge < -0.3 is 14.6 Å². The molecule has 0 radical (unpaired) electrons. The number of aryl methyl sites for hydroxylation is 1. The van der Waals surface area contributed by atoms with E-state index in [1.807, 2.05) is 6.07 Å². The van der Waals surface area contributed by atoms with Crippen LogP contribution in [0.4, 0.5) is 10.1 Å². The van der Waals surface area contributed by atoms with Crippen LogP contribution >= 0.6 is 0 Å². The lowest BCUT2D eigenvalue weighted by molar-refractivity contribution is 0.102. The topological polar surface area (TPSA) is 77.2 Å². The summed E-state index contributed by atoms with van der Waals surface area (Å²) in [5.74, 6) is -0.164. The van der Waals surface area contributed by atoms with Gasteiger partial charge in [-0.25, -0.2) is 9.37 Å². The van der Waals surface area contributed by atoms with Crippen LogP contribution in [0.2, 0.25) is 0 Å². The number of benzene rings is 2. The minimum Gasteiger partial charge on any atom is -0.495 e. The van der Waals surface area contributed by atoms with Crippen molar-refractivity contribution >= 4 is 22.7 Å². The Labute approximate surface area is 159 Å². The zero-order chi connectivity index (χ0) is 19.7. The van der Waals surface area contributed by atoms with Gasteiger partial charge in [-0.1, -0.05) is 17.3 Å². The van der Waals surface area contributed by atoms with E-state index in [-0.39, 0.29) is 17.4 Å². The Morgan fingerprint density at radius 2 is 1.89 bits per heavy atom. The Kier molecular flexibility index (Phi) is 4.49. The second-order valence-electron chi connectivity index (χ2n) is 6.16. The summed E-state index contributed by atoms with van der Waals surface area (Å²) < 4.78 is 23.8. The van der Waals surface area contributed by atoms with Crippen LogP contribution in [0.15, 0.2) is 59.1 Å². The first-order valence-corrected chi connectivity index (χ1v) is 8.54. The van der Waals surface area contributed by atoms with Crippen molar-refractivity contribution in [1.29, 1.82) is 0 Å². The molecule has 0 bridgehead atoms. The predicted molar refractivity (Wildman–Crippen MR) is 103 cm³/mol. The van der Waals surface area contributed by atoms with Gasteiger partial charge in [0.15, 0.2) is 0 Å². The van der Waals surface area contributed by atoms with Gasteiger partial charge in [-0.15, -0.1) is 0 Å². The summed E-state index contributed by atoms with van der Waals surface area (Å²) in [7, 11) is 1.53. The standard InChI is InChI=1S/C21H16FN3O3/c1-12-19-15(20(26)23-16-5-3-4-6-18(16)27-2)11-17(24-21(19)28-25-12)13-7-9-14(22)10-8-13/h3-11H,1-2H3,(H,23,26). The van der Waals surface area contributed by atoms with Gasteiger partial charge in [0, 0.05) is 5.56 Å². The third-order valence-electron chi connectivity index (χ3n) is 4.36. The van der Waals surface area contributed by atoms with Crippen LogP contribution < -0.4 is 10.1 Å². The maximum atomic E-state index is 13.3. The van der Waals surface area contributed by atoms with E-state index < -0.39 is 0 Å². The quantitative estimate of drug-likeness (QED) is 0.562. The van der Waals surface area contributed by atoms with Crippen molar-refractivity contribution in [3.63, 3.8) is 0 Å². The molecule has 7 heteroatoms. The fraction of sp³-hybridized carbons (Fsp3) is 0.0952. The molecule has 6 nitrogen and oxygen atoms in total. The highest BCUT2D eigenvalue weighted by atomic mass is 19.1. The number of halogens is 1. The van der Waals surface area contributed by atoms with Crippen LogP contribution in [0.25, 0.3) is 22.4 Å². The SMILES string of the molecule is COc1ccccc1NC(=O)c1cc(-c2ccc(F)cc2)nc2onc(C)c12. The summed E-state index contributed by atoms with van der Waals surface area (Å²) in [6.45, 7) is 1.74. The van der Waals surface area contributed by atoms with E-state index in [0.717, 1.165) is 0 Å². The van der Waals surface area contributed by atoms with Gasteiger partial charge in [-0.05, 0) is 49.4 Å². The third-order valence-corrected chi connectivity index (χ3v) is 4.36. The molecule has 0 aliphatic heterocycles. The summed E-state index contributed by atoms with van der Waals surface area (Å²) in [5.41, 5.74) is 2.83. The van der Waals surface area contributed by atoms with Crippen molar-refractivity contribution in [3.8, 4) is 17.0 Å². The van der Waals surface area contributed by atoms with E-state index in [1.54, 1.807) is 43.3 Å². The molecule has 4 aromatic rings. The number of carbonyl (C=O) groups is 1. The van der Waals surface area contributed by atoms with Crippen molar-refractivity contribution in [1.82, 2.24) is 10.1 Å². The molecule has 0 aliphatic carbocycles. The van der Waals surface area contributed by atoms with Crippen LogP contribution in [0.3, 0.4) is 0 Å². The minimum absolute atomic E-state index is 0.240. The molecule has 1 N–H and O–H groups in total. The number of ether oxygens (including phenoxy) is 1. The number of hydrogen-bond donors (Lipinski definition) is 1. The Morgan fingerprint density at radius 1 is 1.14 bits per heavy atom. The lowest BCUT2D eigenvalue weighted by atomic mass is 10.0. The fourth-order valence-electron chi connectivity index (χ4n) is 2.98. The Bertz CT molecular complexity index is 1170. The second kappa shape index (κ2) is 7.11. The lowest BCUT2D eigenvalue weighted by Crippen LogP contribution is -2.13. The van der Waals surface area contributed by atoms with Gasteiger partial charge in [-0.3, -0.25) is 4.79 Å². The number of methoxy groups -OCH3 is 1. The third kappa shape index (κ3) is 3.18. The van der Waals surface area contributed by atoms with Gasteiger partial charge in [0.05, 0.1) is 35.1 Å². The molecule has 2 aromatic carbocycles. The van der Waals surface area contributed by atoms with Gasteiger partial charge >= 0.3 is 0 Å². The zero-order valence-electron chi connectivity index (χ0n) is 15.2. The summed E-state index contributed by atoms with van der Waals surface area (Å²) in [5, 5.41) is 7.31. The van der Waals surface area contributed by atoms with Crippen molar-refractivity contribution in [2.45, 2.75) is 6.92 Å². The number of pyridine rings is 1. The van der Waals surface area contributed by atoms with Crippen LogP contribution in [-0.4, -0.2) is 23.2 Å². The Balaban J connectivity index is 1.81. The highest BCUT2D eigenvalue weighted by Crippen LogP contribution is 2.29. The number of hydrogen-bond acceptors (Lipinski definition) is 5. The predicted octanol–water partition coefficient (Wildman–Crippen LogP) is 4.60. The molecule has 0 saturated heterocycles. The van der Waals surface area contributed by atoms with Gasteiger partial charge in [0.2, 0.25) is 0 Å². The maximum Gasteiger partial charge on any atom is 0.259 e. The van der Waals surface area contributed by atoms with Crippen molar-refractivity contribution in [2.24, 2.45) is 0 Å². The number of rotatable bonds is 4. The number of para-hydroxylation sites is 2. The van der Waals surface area contributed by atoms with E-state index in [0.29, 0.717) is 39.3 Å². The van der Waals surface area contributed by atoms with Crippen LogP contribution in [0.5, 0.6) is 5.75 Å². The average molecular weight is 377 g/mol. The monoisotopic (exact) mass is 377 g/mol. The van der Waals surface area contributed by atoms with E-state index in [1.165, 1.54) is 19.2 Å². The molecule has 2 heterocycles. The molecule has 0 atom stereocenters. The average Bonchev–Trinajstić information content (AvgIpc) is 3.09. The van der Waals surface area contributed by atoms with E-state index >= 15 is 0 Å². The molecule has 2 aromatic heterocycles. The summed E-state index contributed by atoms with van der Waals surface area (Å²) in [6.07, 6.45) is 0. The normalized spacial score (nSPS) is 10.8. The highest BCUT2D eigenvalue weighted by Gasteiger charge is 2.20. The molecular formula is C21H16FN3O3. The van der Waals surface area contributed by atoms with Crippen molar-refractivity contribution in [3.05, 3.63) is 71.7 Å². The van der Waals surface area contributed by atoms with E-state index in [4.69, 9.17) is 9.26 Å². The molecule has 140 valence electrons. The highest BCUT2D eigenvalue weighted by molar-refractivity contribution is 6.13. The number of fused-ring (bicyclic) bond motifs is 1. The molecule has 0 spiro atoms. The molecule has 0 saturated carbocycles. The Morgan fingerprint density at radius 3 is 2.64 bits per heavy atom. The smallest absolute Gasteiger partial charge is 0.259 e. The van der Waals surface area contributed by atoms with Gasteiger partial charge in [-0.2, -0.15) is 0 Å².